The first-order valence-electron chi connectivity index (χ1n) is 16.3. The summed E-state index contributed by atoms with van der Waals surface area (Å²) in [5, 5.41) is 3.14. The molecule has 1 heterocycles. The number of amides is 2. The summed E-state index contributed by atoms with van der Waals surface area (Å²) >= 11 is 9.99. The van der Waals surface area contributed by atoms with Gasteiger partial charge in [-0.25, -0.2) is 28.2 Å². The van der Waals surface area contributed by atoms with E-state index in [0.717, 1.165) is 14.6 Å². The quantitative estimate of drug-likeness (QED) is 0.0651. The van der Waals surface area contributed by atoms with Crippen LogP contribution in [0.2, 0.25) is 0 Å². The molecule has 288 valence electrons. The van der Waals surface area contributed by atoms with E-state index in [1.54, 1.807) is 50.2 Å². The number of benzene rings is 4. The van der Waals surface area contributed by atoms with Crippen molar-refractivity contribution in [1.82, 2.24) is 4.90 Å². The second kappa shape index (κ2) is 24.1. The fraction of sp³-hybridized carbons (Fsp3) is 0.282. The molecule has 0 spiro atoms. The highest BCUT2D eigenvalue weighted by Gasteiger charge is 2.43. The van der Waals surface area contributed by atoms with E-state index in [-0.39, 0.29) is 62.1 Å². The molecule has 2 amide bonds. The molecule has 0 aliphatic carbocycles. The molecule has 2 atom stereocenters. The lowest BCUT2D eigenvalue weighted by Gasteiger charge is -2.22. The number of anilines is 2. The van der Waals surface area contributed by atoms with Crippen LogP contribution in [-0.2, 0) is 36.9 Å². The molecule has 0 saturated carbocycles. The molecule has 10 nitrogen and oxygen atoms in total. The predicted octanol–water partition coefficient (Wildman–Crippen LogP) is 9.45. The van der Waals surface area contributed by atoms with Crippen molar-refractivity contribution >= 4 is 83.2 Å². The van der Waals surface area contributed by atoms with E-state index in [9.17, 15) is 28.0 Å². The topological polar surface area (TPSA) is 118 Å². The lowest BCUT2D eigenvalue weighted by atomic mass is 10.2. The molecule has 54 heavy (non-hydrogen) atoms. The number of urea groups is 1. The van der Waals surface area contributed by atoms with E-state index in [1.165, 1.54) is 40.1 Å². The number of ether oxygens (including phenoxy) is 2. The van der Waals surface area contributed by atoms with Crippen LogP contribution in [0.4, 0.5) is 25.0 Å². The Balaban J connectivity index is 0.000000307. The molecule has 1 aliphatic heterocycles. The molecule has 1 saturated heterocycles. The van der Waals surface area contributed by atoms with Gasteiger partial charge in [-0.05, 0) is 97.8 Å². The zero-order valence-electron chi connectivity index (χ0n) is 28.8. The number of esters is 2. The Labute approximate surface area is 339 Å². The lowest BCUT2D eigenvalue weighted by molar-refractivity contribution is -0.147. The normalized spacial score (nSPS) is 13.5. The van der Waals surface area contributed by atoms with Gasteiger partial charge in [0, 0.05) is 33.4 Å². The first-order chi connectivity index (χ1) is 25.4. The maximum atomic E-state index is 13.5. The summed E-state index contributed by atoms with van der Waals surface area (Å²) in [5.74, 6) is -1.40. The van der Waals surface area contributed by atoms with Crippen LogP contribution in [-0.4, -0.2) is 66.1 Å². The van der Waals surface area contributed by atoms with Crippen molar-refractivity contribution in [3.63, 3.8) is 0 Å². The average molecular weight is 939 g/mol. The van der Waals surface area contributed by atoms with Crippen LogP contribution in [0.5, 0.6) is 0 Å². The van der Waals surface area contributed by atoms with E-state index in [1.807, 2.05) is 36.4 Å². The number of rotatable bonds is 12. The smallest absolute Gasteiger partial charge is 0.330 e. The van der Waals surface area contributed by atoms with Gasteiger partial charge in [0.1, 0.15) is 22.5 Å². The molecule has 0 bridgehead atoms. The number of alkyl halides is 1. The molecule has 1 fully saturated rings. The maximum Gasteiger partial charge on any atom is 0.330 e. The van der Waals surface area contributed by atoms with Crippen molar-refractivity contribution in [3.05, 3.63) is 129 Å². The first-order valence-corrected chi connectivity index (χ1v) is 18.8. The summed E-state index contributed by atoms with van der Waals surface area (Å²) in [7, 11) is 0. The van der Waals surface area contributed by atoms with Crippen LogP contribution in [0.1, 0.15) is 32.4 Å². The third-order valence-electron chi connectivity index (χ3n) is 7.23. The highest BCUT2D eigenvalue weighted by atomic mass is 79.9. The number of aliphatic imine (C=N–C) groups is 1. The van der Waals surface area contributed by atoms with Crippen LogP contribution in [0.25, 0.3) is 0 Å². The summed E-state index contributed by atoms with van der Waals surface area (Å²) in [6.45, 7) is 5.16. The number of hydrogen-bond donors (Lipinski definition) is 1. The second-order valence-electron chi connectivity index (χ2n) is 11.0. The zero-order valence-corrected chi connectivity index (χ0v) is 33.6. The van der Waals surface area contributed by atoms with Crippen molar-refractivity contribution in [2.24, 2.45) is 4.99 Å². The van der Waals surface area contributed by atoms with Gasteiger partial charge in [0.15, 0.2) is 0 Å². The average Bonchev–Trinajstić information content (AvgIpc) is 3.46. The summed E-state index contributed by atoms with van der Waals surface area (Å²) in [6.07, 6.45) is 1.39. The van der Waals surface area contributed by atoms with Crippen molar-refractivity contribution < 1.29 is 37.4 Å². The van der Waals surface area contributed by atoms with E-state index >= 15 is 0 Å². The van der Waals surface area contributed by atoms with Gasteiger partial charge in [0.05, 0.1) is 26.3 Å². The monoisotopic (exact) mass is 936 g/mol. The summed E-state index contributed by atoms with van der Waals surface area (Å²) in [4.78, 5) is 52.2. The molecule has 0 radical (unpaired) electrons. The van der Waals surface area contributed by atoms with Gasteiger partial charge in [0.2, 0.25) is 6.08 Å². The summed E-state index contributed by atoms with van der Waals surface area (Å²) in [6, 6.07) is 25.9. The first kappa shape index (κ1) is 45.7. The van der Waals surface area contributed by atoms with Gasteiger partial charge in [-0.3, -0.25) is 9.69 Å². The lowest BCUT2D eigenvalue weighted by Crippen LogP contribution is -2.40. The Morgan fingerprint density at radius 2 is 1.44 bits per heavy atom. The SMILES string of the molecule is C.CCOC(=O)C(Br)CNc1ccc(Br)cc1.CCOC(=O)C1CN(c2ccc(Br)cc2)C(=O)N1Cc1cccc(F)c1.O=C=NCc1cccc(F)c1. The van der Waals surface area contributed by atoms with Crippen LogP contribution >= 0.6 is 47.8 Å². The van der Waals surface area contributed by atoms with Gasteiger partial charge in [-0.2, -0.15) is 0 Å². The van der Waals surface area contributed by atoms with Gasteiger partial charge < -0.3 is 19.7 Å². The molecule has 15 heteroatoms. The Hall–Kier alpha value is -4.43. The van der Waals surface area contributed by atoms with Crippen molar-refractivity contribution in [1.29, 1.82) is 0 Å². The minimum Gasteiger partial charge on any atom is -0.465 e. The van der Waals surface area contributed by atoms with Gasteiger partial charge in [-0.1, -0.05) is 79.5 Å². The zero-order chi connectivity index (χ0) is 38.8. The second-order valence-corrected chi connectivity index (χ2v) is 14.0. The third-order valence-corrected chi connectivity index (χ3v) is 8.99. The van der Waals surface area contributed by atoms with Crippen LogP contribution in [0.15, 0.2) is 111 Å². The number of isocyanates is 1. The van der Waals surface area contributed by atoms with E-state index in [0.29, 0.717) is 30.0 Å². The molecular formula is C39H41Br3F2N4O6. The highest BCUT2D eigenvalue weighted by Crippen LogP contribution is 2.27. The van der Waals surface area contributed by atoms with Crippen LogP contribution < -0.4 is 10.2 Å². The Bertz CT molecular complexity index is 1850. The van der Waals surface area contributed by atoms with Gasteiger partial charge >= 0.3 is 18.0 Å². The Kier molecular flexibility index (Phi) is 20.4. The standard InChI is InChI=1S/C19H18BrFN2O3.C11H13Br2NO2.C8H6FNO.CH4/c1-2-26-18(24)17-12-22(16-8-6-14(20)7-9-16)19(25)23(17)11-13-4-3-5-15(21)10-13;1-2-16-11(15)10(13)7-14-9-5-3-8(12)4-6-9;9-8-3-1-2-7(4-8)5-10-6-11;/h3-10,17H,2,11-12H2,1H3;3-6,10,14H,2,7H2,1H3;1-4H,5H2;1H4. The molecule has 0 aromatic heterocycles. The minimum atomic E-state index is -0.741. The van der Waals surface area contributed by atoms with Crippen LogP contribution in [0.3, 0.4) is 0 Å². The molecule has 2 unspecified atom stereocenters. The molecule has 5 rings (SSSR count). The third kappa shape index (κ3) is 15.1. The van der Waals surface area contributed by atoms with Crippen molar-refractivity contribution in [2.45, 2.75) is 45.2 Å². The molecule has 4 aromatic rings. The molecule has 1 aliphatic rings. The van der Waals surface area contributed by atoms with E-state index < -0.39 is 12.0 Å². The highest BCUT2D eigenvalue weighted by molar-refractivity contribution is 9.10. The fourth-order valence-electron chi connectivity index (χ4n) is 4.77. The number of carbonyl (C=O) groups excluding carboxylic acids is 4. The number of nitrogens with one attached hydrogen (secondary N) is 1. The number of nitrogens with zero attached hydrogens (tertiary/aromatic N) is 3. The molecular weight excluding hydrogens is 898 g/mol. The van der Waals surface area contributed by atoms with E-state index in [4.69, 9.17) is 9.47 Å². The van der Waals surface area contributed by atoms with Crippen molar-refractivity contribution in [3.8, 4) is 0 Å². The Morgan fingerprint density at radius 1 is 0.889 bits per heavy atom. The number of halogens is 5. The molecule has 4 aromatic carbocycles. The van der Waals surface area contributed by atoms with Gasteiger partial charge in [-0.15, -0.1) is 0 Å². The number of hydrogen-bond acceptors (Lipinski definition) is 8. The number of carbonyl (C=O) groups is 3. The summed E-state index contributed by atoms with van der Waals surface area (Å²) < 4.78 is 37.9. The predicted molar refractivity (Wildman–Crippen MR) is 216 cm³/mol. The van der Waals surface area contributed by atoms with E-state index in [2.05, 4.69) is 58.1 Å². The maximum absolute atomic E-state index is 13.5. The van der Waals surface area contributed by atoms with Crippen molar-refractivity contribution in [2.75, 3.05) is 36.5 Å². The van der Waals surface area contributed by atoms with Crippen LogP contribution in [0, 0.1) is 11.6 Å². The van der Waals surface area contributed by atoms with Gasteiger partial charge in [0.25, 0.3) is 0 Å². The summed E-state index contributed by atoms with van der Waals surface area (Å²) in [5.41, 5.74) is 2.95. The minimum absolute atomic E-state index is 0. The fourth-order valence-corrected chi connectivity index (χ4v) is 5.60. The Morgan fingerprint density at radius 3 is 2.00 bits per heavy atom. The largest absolute Gasteiger partial charge is 0.465 e. The molecule has 1 N–H and O–H groups in total.